The highest BCUT2D eigenvalue weighted by atomic mass is 35.5. The first-order valence-electron chi connectivity index (χ1n) is 5.78. The predicted octanol–water partition coefficient (Wildman–Crippen LogP) is 1.99. The van der Waals surface area contributed by atoms with Gasteiger partial charge in [0.1, 0.15) is 5.69 Å². The van der Waals surface area contributed by atoms with E-state index < -0.39 is 4.92 Å². The van der Waals surface area contributed by atoms with E-state index in [1.807, 2.05) is 18.2 Å². The van der Waals surface area contributed by atoms with Gasteiger partial charge in [-0.05, 0) is 18.1 Å². The Labute approximate surface area is 119 Å². The van der Waals surface area contributed by atoms with Crippen LogP contribution in [0.2, 0.25) is 5.02 Å². The van der Waals surface area contributed by atoms with E-state index in [9.17, 15) is 10.1 Å². The maximum absolute atomic E-state index is 11.0. The van der Waals surface area contributed by atoms with E-state index in [1.165, 1.54) is 0 Å². The largest absolute Gasteiger partial charge is 0.378 e. The Balaban J connectivity index is 2.30. The van der Waals surface area contributed by atoms with E-state index >= 15 is 0 Å². The first-order valence-corrected chi connectivity index (χ1v) is 6.16. The number of benzene rings is 1. The summed E-state index contributed by atoms with van der Waals surface area (Å²) < 4.78 is 0. The van der Waals surface area contributed by atoms with Crippen molar-refractivity contribution in [2.75, 3.05) is 11.5 Å². The lowest BCUT2D eigenvalue weighted by atomic mass is 10.1. The lowest BCUT2D eigenvalue weighted by Gasteiger charge is -2.06. The van der Waals surface area contributed by atoms with Gasteiger partial charge in [0.15, 0.2) is 0 Å². The van der Waals surface area contributed by atoms with Crippen LogP contribution in [-0.2, 0) is 12.8 Å². The van der Waals surface area contributed by atoms with Crippen molar-refractivity contribution < 1.29 is 4.92 Å². The van der Waals surface area contributed by atoms with E-state index in [4.69, 9.17) is 23.1 Å². The fourth-order valence-electron chi connectivity index (χ4n) is 1.87. The van der Waals surface area contributed by atoms with Crippen molar-refractivity contribution >= 4 is 29.1 Å². The topological polar surface area (TPSA) is 121 Å². The molecule has 0 amide bonds. The van der Waals surface area contributed by atoms with E-state index in [2.05, 4.69) is 9.97 Å². The fourth-order valence-corrected chi connectivity index (χ4v) is 2.10. The molecule has 1 aromatic heterocycles. The summed E-state index contributed by atoms with van der Waals surface area (Å²) in [6, 6.07) is 7.27. The maximum Gasteiger partial charge on any atom is 0.332 e. The lowest BCUT2D eigenvalue weighted by molar-refractivity contribution is -0.385. The van der Waals surface area contributed by atoms with E-state index in [0.717, 1.165) is 5.56 Å². The molecule has 104 valence electrons. The summed E-state index contributed by atoms with van der Waals surface area (Å²) in [5.41, 5.74) is 11.8. The van der Waals surface area contributed by atoms with Gasteiger partial charge in [-0.25, -0.2) is 4.98 Å². The van der Waals surface area contributed by atoms with E-state index in [1.54, 1.807) is 6.07 Å². The summed E-state index contributed by atoms with van der Waals surface area (Å²) in [6.07, 6.45) is 0.799. The van der Waals surface area contributed by atoms with Gasteiger partial charge in [-0.1, -0.05) is 29.8 Å². The average Bonchev–Trinajstić information content (AvgIpc) is 2.36. The SMILES string of the molecule is Nc1nc(N)c([N+](=O)[O-])c(CCc2ccccc2Cl)n1. The molecule has 0 atom stereocenters. The number of rotatable bonds is 4. The molecule has 20 heavy (non-hydrogen) atoms. The van der Waals surface area contributed by atoms with Gasteiger partial charge in [0.05, 0.1) is 4.92 Å². The van der Waals surface area contributed by atoms with Gasteiger partial charge in [0, 0.05) is 11.4 Å². The van der Waals surface area contributed by atoms with Crippen molar-refractivity contribution in [3.05, 3.63) is 50.7 Å². The summed E-state index contributed by atoms with van der Waals surface area (Å²) in [5, 5.41) is 11.6. The molecule has 0 radical (unpaired) electrons. The number of nitrogens with two attached hydrogens (primary N) is 2. The smallest absolute Gasteiger partial charge is 0.332 e. The number of hydrogen-bond donors (Lipinski definition) is 2. The van der Waals surface area contributed by atoms with Crippen LogP contribution in [0.1, 0.15) is 11.3 Å². The monoisotopic (exact) mass is 293 g/mol. The van der Waals surface area contributed by atoms with Gasteiger partial charge in [-0.15, -0.1) is 0 Å². The molecule has 0 saturated heterocycles. The van der Waals surface area contributed by atoms with Crippen molar-refractivity contribution in [2.24, 2.45) is 0 Å². The Kier molecular flexibility index (Phi) is 3.99. The van der Waals surface area contributed by atoms with Gasteiger partial charge in [-0.3, -0.25) is 10.1 Å². The summed E-state index contributed by atoms with van der Waals surface area (Å²) in [4.78, 5) is 17.9. The zero-order chi connectivity index (χ0) is 14.7. The van der Waals surface area contributed by atoms with Crippen molar-refractivity contribution in [3.63, 3.8) is 0 Å². The van der Waals surface area contributed by atoms with Gasteiger partial charge >= 0.3 is 5.69 Å². The van der Waals surface area contributed by atoms with E-state index in [-0.39, 0.29) is 23.1 Å². The molecule has 2 rings (SSSR count). The van der Waals surface area contributed by atoms with Crippen LogP contribution in [0.3, 0.4) is 0 Å². The number of aryl methyl sites for hydroxylation is 2. The Morgan fingerprint density at radius 2 is 1.90 bits per heavy atom. The van der Waals surface area contributed by atoms with Crippen LogP contribution in [0.25, 0.3) is 0 Å². The highest BCUT2D eigenvalue weighted by Crippen LogP contribution is 2.26. The quantitative estimate of drug-likeness (QED) is 0.656. The van der Waals surface area contributed by atoms with E-state index in [0.29, 0.717) is 17.9 Å². The molecule has 7 nitrogen and oxygen atoms in total. The first-order chi connectivity index (χ1) is 9.49. The second kappa shape index (κ2) is 5.70. The summed E-state index contributed by atoms with van der Waals surface area (Å²) in [6.45, 7) is 0. The molecule has 1 aromatic carbocycles. The summed E-state index contributed by atoms with van der Waals surface area (Å²) in [7, 11) is 0. The molecule has 0 aliphatic carbocycles. The van der Waals surface area contributed by atoms with Crippen LogP contribution in [0, 0.1) is 10.1 Å². The molecule has 0 fully saturated rings. The van der Waals surface area contributed by atoms with Crippen LogP contribution in [0.15, 0.2) is 24.3 Å². The van der Waals surface area contributed by atoms with Gasteiger partial charge in [0.25, 0.3) is 0 Å². The molecule has 0 spiro atoms. The van der Waals surface area contributed by atoms with Gasteiger partial charge in [0.2, 0.25) is 11.8 Å². The Bertz CT molecular complexity index is 662. The van der Waals surface area contributed by atoms with Crippen LogP contribution in [-0.4, -0.2) is 14.9 Å². The highest BCUT2D eigenvalue weighted by Gasteiger charge is 2.22. The average molecular weight is 294 g/mol. The molecule has 0 unspecified atom stereocenters. The molecule has 0 bridgehead atoms. The third kappa shape index (κ3) is 2.94. The molecule has 4 N–H and O–H groups in total. The molecule has 1 heterocycles. The zero-order valence-electron chi connectivity index (χ0n) is 10.4. The van der Waals surface area contributed by atoms with Gasteiger partial charge in [-0.2, -0.15) is 4.98 Å². The van der Waals surface area contributed by atoms with Crippen LogP contribution in [0.4, 0.5) is 17.5 Å². The minimum Gasteiger partial charge on any atom is -0.378 e. The maximum atomic E-state index is 11.0. The predicted molar refractivity (Wildman–Crippen MR) is 76.4 cm³/mol. The van der Waals surface area contributed by atoms with Gasteiger partial charge < -0.3 is 11.5 Å². The highest BCUT2D eigenvalue weighted by molar-refractivity contribution is 6.31. The second-order valence-corrected chi connectivity index (χ2v) is 4.52. The number of nitrogens with zero attached hydrogens (tertiary/aromatic N) is 3. The van der Waals surface area contributed by atoms with Crippen molar-refractivity contribution in [1.29, 1.82) is 0 Å². The Hall–Kier alpha value is -2.41. The van der Waals surface area contributed by atoms with Crippen molar-refractivity contribution in [3.8, 4) is 0 Å². The molecule has 8 heteroatoms. The zero-order valence-corrected chi connectivity index (χ0v) is 11.2. The number of halogens is 1. The number of nitro groups is 1. The second-order valence-electron chi connectivity index (χ2n) is 4.11. The summed E-state index contributed by atoms with van der Waals surface area (Å²) in [5.74, 6) is -0.307. The number of aromatic nitrogens is 2. The van der Waals surface area contributed by atoms with Crippen molar-refractivity contribution in [1.82, 2.24) is 9.97 Å². The first kappa shape index (κ1) is 14.0. The molecule has 0 aliphatic heterocycles. The van der Waals surface area contributed by atoms with Crippen molar-refractivity contribution in [2.45, 2.75) is 12.8 Å². The van der Waals surface area contributed by atoms with Crippen LogP contribution < -0.4 is 11.5 Å². The number of hydrogen-bond acceptors (Lipinski definition) is 6. The Morgan fingerprint density at radius 1 is 1.20 bits per heavy atom. The molecular formula is C12H12ClN5O2. The standard InChI is InChI=1S/C12H12ClN5O2/c13-8-4-2-1-3-7(8)5-6-9-10(18(19)20)11(14)17-12(15)16-9/h1-4H,5-6H2,(H4,14,15,16,17). The Morgan fingerprint density at radius 3 is 2.55 bits per heavy atom. The normalized spacial score (nSPS) is 10.4. The third-order valence-electron chi connectivity index (χ3n) is 2.77. The number of nitrogen functional groups attached to an aromatic ring is 2. The molecule has 2 aromatic rings. The van der Waals surface area contributed by atoms with Crippen LogP contribution in [0.5, 0.6) is 0 Å². The molecular weight excluding hydrogens is 282 g/mol. The minimum absolute atomic E-state index is 0.0812. The number of anilines is 2. The molecule has 0 aliphatic rings. The molecule has 0 saturated carbocycles. The third-order valence-corrected chi connectivity index (χ3v) is 3.14. The van der Waals surface area contributed by atoms with Crippen LogP contribution >= 0.6 is 11.6 Å². The fraction of sp³-hybridized carbons (Fsp3) is 0.167. The summed E-state index contributed by atoms with van der Waals surface area (Å²) >= 11 is 6.04. The minimum atomic E-state index is -0.600. The lowest BCUT2D eigenvalue weighted by Crippen LogP contribution is -2.09.